The van der Waals surface area contributed by atoms with E-state index < -0.39 is 36.8 Å². The monoisotopic (exact) mass is 332 g/mol. The normalized spacial score (nSPS) is 26.6. The van der Waals surface area contributed by atoms with E-state index in [0.29, 0.717) is 22.6 Å². The van der Waals surface area contributed by atoms with Crippen molar-refractivity contribution in [2.75, 3.05) is 19.6 Å². The molecule has 2 amide bonds. The Hall–Kier alpha value is -1.48. The molecular formula is C12H14F6N2O2. The summed E-state index contributed by atoms with van der Waals surface area (Å²) in [4.78, 5) is 23.7. The molecule has 2 aliphatic heterocycles. The topological polar surface area (TPSA) is 40.6 Å². The van der Waals surface area contributed by atoms with E-state index in [1.807, 2.05) is 0 Å². The lowest BCUT2D eigenvalue weighted by Crippen LogP contribution is -2.61. The summed E-state index contributed by atoms with van der Waals surface area (Å²) in [5, 5.41) is 0. The number of carbonyl (C=O) groups excluding carboxylic acids is 2. The molecule has 2 rings (SSSR count). The van der Waals surface area contributed by atoms with Gasteiger partial charge < -0.3 is 9.80 Å². The molecule has 2 atom stereocenters. The van der Waals surface area contributed by atoms with Crippen molar-refractivity contribution in [3.05, 3.63) is 0 Å². The van der Waals surface area contributed by atoms with Crippen molar-refractivity contribution in [3.63, 3.8) is 0 Å². The van der Waals surface area contributed by atoms with Crippen LogP contribution < -0.4 is 0 Å². The second-order valence-corrected chi connectivity index (χ2v) is 5.50. The van der Waals surface area contributed by atoms with E-state index >= 15 is 0 Å². The Morgan fingerprint density at radius 3 is 2.00 bits per heavy atom. The van der Waals surface area contributed by atoms with Crippen LogP contribution in [0, 0.1) is 5.92 Å². The van der Waals surface area contributed by atoms with Crippen LogP contribution >= 0.6 is 0 Å². The number of likely N-dealkylation sites (tertiary alicyclic amines) is 2. The number of piperidine rings is 2. The third-order valence-electron chi connectivity index (χ3n) is 4.13. The average molecular weight is 332 g/mol. The van der Waals surface area contributed by atoms with Crippen molar-refractivity contribution in [2.45, 2.75) is 37.7 Å². The number of amides is 2. The van der Waals surface area contributed by atoms with Crippen LogP contribution in [0.4, 0.5) is 26.3 Å². The highest BCUT2D eigenvalue weighted by Gasteiger charge is 2.50. The van der Waals surface area contributed by atoms with E-state index in [1.165, 1.54) is 0 Å². The summed E-state index contributed by atoms with van der Waals surface area (Å²) >= 11 is 0. The van der Waals surface area contributed by atoms with Crippen LogP contribution in [-0.4, -0.2) is 59.6 Å². The van der Waals surface area contributed by atoms with E-state index in [9.17, 15) is 35.9 Å². The predicted molar refractivity (Wildman–Crippen MR) is 61.5 cm³/mol. The lowest BCUT2D eigenvalue weighted by atomic mass is 9.83. The Kier molecular flexibility index (Phi) is 4.31. The van der Waals surface area contributed by atoms with Crippen LogP contribution in [0.25, 0.3) is 0 Å². The molecule has 126 valence electrons. The summed E-state index contributed by atoms with van der Waals surface area (Å²) in [7, 11) is 0. The molecule has 4 nitrogen and oxygen atoms in total. The second kappa shape index (κ2) is 5.62. The Labute approximate surface area is 122 Å². The molecule has 0 N–H and O–H groups in total. The van der Waals surface area contributed by atoms with Gasteiger partial charge in [-0.3, -0.25) is 9.59 Å². The minimum absolute atomic E-state index is 0.159. The van der Waals surface area contributed by atoms with E-state index in [-0.39, 0.29) is 25.4 Å². The van der Waals surface area contributed by atoms with Crippen LogP contribution in [0.1, 0.15) is 19.3 Å². The van der Waals surface area contributed by atoms with Crippen molar-refractivity contribution >= 4 is 11.8 Å². The third-order valence-corrected chi connectivity index (χ3v) is 4.13. The van der Waals surface area contributed by atoms with Crippen molar-refractivity contribution in [3.8, 4) is 0 Å². The molecular weight excluding hydrogens is 318 g/mol. The van der Waals surface area contributed by atoms with Gasteiger partial charge in [-0.05, 0) is 25.2 Å². The lowest BCUT2D eigenvalue weighted by molar-refractivity contribution is -0.197. The van der Waals surface area contributed by atoms with Gasteiger partial charge in [-0.1, -0.05) is 0 Å². The highest BCUT2D eigenvalue weighted by atomic mass is 19.4. The highest BCUT2D eigenvalue weighted by Crippen LogP contribution is 2.34. The number of alkyl halides is 6. The van der Waals surface area contributed by atoms with Gasteiger partial charge in [-0.2, -0.15) is 26.3 Å². The van der Waals surface area contributed by atoms with Crippen molar-refractivity contribution < 1.29 is 35.9 Å². The maximum atomic E-state index is 12.6. The molecule has 0 aromatic heterocycles. The van der Waals surface area contributed by atoms with E-state index in [0.717, 1.165) is 0 Å². The number of halogens is 6. The number of hydrogen-bond acceptors (Lipinski definition) is 2. The molecule has 0 radical (unpaired) electrons. The fourth-order valence-corrected chi connectivity index (χ4v) is 3.14. The number of rotatable bonds is 0. The minimum Gasteiger partial charge on any atom is -0.333 e. The van der Waals surface area contributed by atoms with Crippen LogP contribution in [0.5, 0.6) is 0 Å². The summed E-state index contributed by atoms with van der Waals surface area (Å²) < 4.78 is 75.1. The smallest absolute Gasteiger partial charge is 0.333 e. The van der Waals surface area contributed by atoms with Crippen molar-refractivity contribution in [2.24, 2.45) is 5.92 Å². The summed E-state index contributed by atoms with van der Waals surface area (Å²) in [5.74, 6) is -4.43. The fraction of sp³-hybridized carbons (Fsp3) is 0.833. The van der Waals surface area contributed by atoms with E-state index in [4.69, 9.17) is 0 Å². The molecule has 0 saturated carbocycles. The molecule has 22 heavy (non-hydrogen) atoms. The van der Waals surface area contributed by atoms with E-state index in [1.54, 1.807) is 0 Å². The van der Waals surface area contributed by atoms with Gasteiger partial charge in [-0.25, -0.2) is 0 Å². The van der Waals surface area contributed by atoms with Crippen LogP contribution in [0.15, 0.2) is 0 Å². The summed E-state index contributed by atoms with van der Waals surface area (Å²) in [6.45, 7) is -0.827. The first-order valence-corrected chi connectivity index (χ1v) is 6.75. The molecule has 2 saturated heterocycles. The minimum atomic E-state index is -5.07. The Morgan fingerprint density at radius 2 is 1.45 bits per heavy atom. The quantitative estimate of drug-likeness (QED) is 0.636. The van der Waals surface area contributed by atoms with Crippen LogP contribution in [-0.2, 0) is 9.59 Å². The molecule has 2 heterocycles. The number of carbonyl (C=O) groups is 2. The molecule has 0 spiro atoms. The first-order chi connectivity index (χ1) is 10.0. The highest BCUT2D eigenvalue weighted by molar-refractivity contribution is 5.83. The largest absolute Gasteiger partial charge is 0.471 e. The van der Waals surface area contributed by atoms with Gasteiger partial charge in [0.2, 0.25) is 0 Å². The predicted octanol–water partition coefficient (Wildman–Crippen LogP) is 1.95. The zero-order valence-corrected chi connectivity index (χ0v) is 11.4. The SMILES string of the molecule is O=C(N1CC[C@H]2CCCN(C(=O)C(F)(F)F)[C@H]2C1)C(F)(F)F. The Bertz CT molecular complexity index is 462. The van der Waals surface area contributed by atoms with Gasteiger partial charge in [0.15, 0.2) is 0 Å². The van der Waals surface area contributed by atoms with Gasteiger partial charge in [0.05, 0.1) is 6.04 Å². The Balaban J connectivity index is 2.16. The van der Waals surface area contributed by atoms with Gasteiger partial charge in [0.25, 0.3) is 0 Å². The first kappa shape index (κ1) is 16.9. The molecule has 0 aliphatic carbocycles. The van der Waals surface area contributed by atoms with Crippen LogP contribution in [0.3, 0.4) is 0 Å². The van der Waals surface area contributed by atoms with Crippen LogP contribution in [0.2, 0.25) is 0 Å². The number of nitrogens with zero attached hydrogens (tertiary/aromatic N) is 2. The molecule has 0 unspecified atom stereocenters. The van der Waals surface area contributed by atoms with Gasteiger partial charge in [0.1, 0.15) is 0 Å². The summed E-state index contributed by atoms with van der Waals surface area (Å²) in [6.07, 6.45) is -9.07. The lowest BCUT2D eigenvalue weighted by Gasteiger charge is -2.47. The summed E-state index contributed by atoms with van der Waals surface area (Å²) in [6, 6.07) is -1.01. The summed E-state index contributed by atoms with van der Waals surface area (Å²) in [5.41, 5.74) is 0. The van der Waals surface area contributed by atoms with Gasteiger partial charge >= 0.3 is 24.2 Å². The molecule has 2 fully saturated rings. The van der Waals surface area contributed by atoms with E-state index in [2.05, 4.69) is 0 Å². The first-order valence-electron chi connectivity index (χ1n) is 6.75. The number of fused-ring (bicyclic) bond motifs is 1. The molecule has 0 bridgehead atoms. The standard InChI is InChI=1S/C12H14F6N2O2/c13-11(14,15)9(21)19-5-3-7-2-1-4-20(8(7)6-19)10(22)12(16,17)18/h7-8H,1-6H2/t7-,8+/m1/s1. The van der Waals surface area contributed by atoms with Gasteiger partial charge in [-0.15, -0.1) is 0 Å². The fourth-order valence-electron chi connectivity index (χ4n) is 3.14. The molecule has 10 heteroatoms. The average Bonchev–Trinajstić information content (AvgIpc) is 2.42. The van der Waals surface area contributed by atoms with Crippen molar-refractivity contribution in [1.29, 1.82) is 0 Å². The van der Waals surface area contributed by atoms with Crippen molar-refractivity contribution in [1.82, 2.24) is 9.80 Å². The Morgan fingerprint density at radius 1 is 0.864 bits per heavy atom. The maximum absolute atomic E-state index is 12.6. The number of hydrogen-bond donors (Lipinski definition) is 0. The maximum Gasteiger partial charge on any atom is 0.471 e. The van der Waals surface area contributed by atoms with Gasteiger partial charge in [0, 0.05) is 19.6 Å². The zero-order valence-electron chi connectivity index (χ0n) is 11.4. The molecule has 0 aromatic rings. The molecule has 0 aromatic carbocycles. The molecule has 2 aliphatic rings. The second-order valence-electron chi connectivity index (χ2n) is 5.50. The third kappa shape index (κ3) is 3.30. The zero-order chi connectivity index (χ0) is 16.7.